The van der Waals surface area contributed by atoms with Gasteiger partial charge in [-0.2, -0.15) is 0 Å². The average Bonchev–Trinajstić information content (AvgIpc) is 2.56. The van der Waals surface area contributed by atoms with Crippen molar-refractivity contribution < 1.29 is 14.2 Å². The molecule has 1 N–H and O–H groups in total. The molecule has 1 aliphatic heterocycles. The second-order valence-corrected chi connectivity index (χ2v) is 4.96. The first kappa shape index (κ1) is 13.8. The van der Waals surface area contributed by atoms with Crippen LogP contribution in [0.4, 0.5) is 0 Å². The summed E-state index contributed by atoms with van der Waals surface area (Å²) in [4.78, 5) is 0. The Morgan fingerprint density at radius 1 is 1.14 bits per heavy atom. The van der Waals surface area contributed by atoms with Gasteiger partial charge >= 0.3 is 0 Å². The molecule has 1 heterocycles. The standard InChI is InChI=1S/C17H19NO3/c1-18-17(12-6-5-7-13(10-12)19-2)16-11-20-14-8-3-4-9-15(14)21-16/h3-10,16-18H,11H2,1-2H3. The SMILES string of the molecule is CNC(c1cccc(OC)c1)C1COc2ccccc2O1. The van der Waals surface area contributed by atoms with Crippen LogP contribution in [0.3, 0.4) is 0 Å². The molecule has 4 nitrogen and oxygen atoms in total. The third-order valence-electron chi connectivity index (χ3n) is 3.67. The molecule has 4 heteroatoms. The van der Waals surface area contributed by atoms with Gasteiger partial charge in [-0.3, -0.25) is 0 Å². The Balaban J connectivity index is 1.84. The van der Waals surface area contributed by atoms with Crippen molar-refractivity contribution >= 4 is 0 Å². The molecular formula is C17H19NO3. The van der Waals surface area contributed by atoms with Gasteiger partial charge in [0.2, 0.25) is 0 Å². The lowest BCUT2D eigenvalue weighted by Crippen LogP contribution is -2.40. The lowest BCUT2D eigenvalue weighted by Gasteiger charge is -2.32. The molecule has 0 fully saturated rings. The molecule has 2 aromatic carbocycles. The van der Waals surface area contributed by atoms with E-state index in [4.69, 9.17) is 14.2 Å². The maximum Gasteiger partial charge on any atom is 0.161 e. The highest BCUT2D eigenvalue weighted by atomic mass is 16.6. The van der Waals surface area contributed by atoms with Crippen LogP contribution in [0.15, 0.2) is 48.5 Å². The molecule has 2 aromatic rings. The summed E-state index contributed by atoms with van der Waals surface area (Å²) in [6.45, 7) is 0.514. The van der Waals surface area contributed by atoms with Crippen molar-refractivity contribution in [2.24, 2.45) is 0 Å². The van der Waals surface area contributed by atoms with E-state index in [1.165, 1.54) is 0 Å². The third-order valence-corrected chi connectivity index (χ3v) is 3.67. The number of para-hydroxylation sites is 2. The first-order valence-corrected chi connectivity index (χ1v) is 7.01. The van der Waals surface area contributed by atoms with Crippen molar-refractivity contribution in [1.82, 2.24) is 5.32 Å². The van der Waals surface area contributed by atoms with Gasteiger partial charge in [0.15, 0.2) is 17.6 Å². The molecule has 0 aliphatic carbocycles. The zero-order chi connectivity index (χ0) is 14.7. The number of nitrogens with one attached hydrogen (secondary N) is 1. The number of likely N-dealkylation sites (N-methyl/N-ethyl adjacent to an activating group) is 1. The Labute approximate surface area is 124 Å². The molecule has 0 aromatic heterocycles. The van der Waals surface area contributed by atoms with Gasteiger partial charge in [0.05, 0.1) is 13.2 Å². The van der Waals surface area contributed by atoms with E-state index in [0.717, 1.165) is 22.8 Å². The van der Waals surface area contributed by atoms with Crippen molar-refractivity contribution in [2.75, 3.05) is 20.8 Å². The summed E-state index contributed by atoms with van der Waals surface area (Å²) in [5, 5.41) is 3.31. The van der Waals surface area contributed by atoms with Gasteiger partial charge in [0.1, 0.15) is 12.4 Å². The lowest BCUT2D eigenvalue weighted by molar-refractivity contribution is 0.0638. The lowest BCUT2D eigenvalue weighted by atomic mass is 10.0. The highest BCUT2D eigenvalue weighted by molar-refractivity contribution is 5.41. The second-order valence-electron chi connectivity index (χ2n) is 4.96. The summed E-state index contributed by atoms with van der Waals surface area (Å²) in [5.74, 6) is 2.43. The number of fused-ring (bicyclic) bond motifs is 1. The molecule has 3 rings (SSSR count). The molecule has 0 saturated heterocycles. The van der Waals surface area contributed by atoms with E-state index in [1.807, 2.05) is 49.5 Å². The third kappa shape index (κ3) is 2.81. The van der Waals surface area contributed by atoms with Gasteiger partial charge in [-0.15, -0.1) is 0 Å². The summed E-state index contributed by atoms with van der Waals surface area (Å²) in [6.07, 6.45) is -0.0861. The Morgan fingerprint density at radius 3 is 2.71 bits per heavy atom. The molecule has 0 amide bonds. The first-order chi connectivity index (χ1) is 10.3. The molecule has 0 bridgehead atoms. The van der Waals surface area contributed by atoms with E-state index in [-0.39, 0.29) is 12.1 Å². The van der Waals surface area contributed by atoms with Crippen LogP contribution in [-0.4, -0.2) is 26.9 Å². The van der Waals surface area contributed by atoms with Crippen molar-refractivity contribution in [2.45, 2.75) is 12.1 Å². The van der Waals surface area contributed by atoms with E-state index in [1.54, 1.807) is 7.11 Å². The van der Waals surface area contributed by atoms with Crippen molar-refractivity contribution in [3.05, 3.63) is 54.1 Å². The maximum absolute atomic E-state index is 6.08. The molecule has 0 radical (unpaired) electrons. The minimum Gasteiger partial charge on any atom is -0.497 e. The summed E-state index contributed by atoms with van der Waals surface area (Å²) in [5.41, 5.74) is 1.12. The summed E-state index contributed by atoms with van der Waals surface area (Å²) < 4.78 is 17.2. The number of benzene rings is 2. The molecular weight excluding hydrogens is 266 g/mol. The van der Waals surface area contributed by atoms with Crippen LogP contribution < -0.4 is 19.5 Å². The highest BCUT2D eigenvalue weighted by Crippen LogP contribution is 2.34. The summed E-state index contributed by atoms with van der Waals surface area (Å²) >= 11 is 0. The van der Waals surface area contributed by atoms with Crippen LogP contribution in [-0.2, 0) is 0 Å². The smallest absolute Gasteiger partial charge is 0.161 e. The molecule has 0 saturated carbocycles. The van der Waals surface area contributed by atoms with E-state index in [0.29, 0.717) is 6.61 Å². The van der Waals surface area contributed by atoms with Crippen LogP contribution in [0.25, 0.3) is 0 Å². The van der Waals surface area contributed by atoms with E-state index in [9.17, 15) is 0 Å². The predicted molar refractivity (Wildman–Crippen MR) is 81.1 cm³/mol. The monoisotopic (exact) mass is 285 g/mol. The fourth-order valence-corrected chi connectivity index (χ4v) is 2.60. The predicted octanol–water partition coefficient (Wildman–Crippen LogP) is 2.80. The number of hydrogen-bond acceptors (Lipinski definition) is 4. The Kier molecular flexibility index (Phi) is 3.97. The van der Waals surface area contributed by atoms with E-state index in [2.05, 4.69) is 11.4 Å². The van der Waals surface area contributed by atoms with Gasteiger partial charge in [-0.05, 0) is 36.9 Å². The van der Waals surface area contributed by atoms with Crippen LogP contribution in [0.1, 0.15) is 11.6 Å². The second kappa shape index (κ2) is 6.06. The Hall–Kier alpha value is -2.20. The topological polar surface area (TPSA) is 39.7 Å². The van der Waals surface area contributed by atoms with Crippen LogP contribution in [0.5, 0.6) is 17.2 Å². The number of ether oxygens (including phenoxy) is 3. The van der Waals surface area contributed by atoms with Crippen molar-refractivity contribution in [3.63, 3.8) is 0 Å². The number of hydrogen-bond donors (Lipinski definition) is 1. The normalized spacial score (nSPS) is 18.1. The molecule has 110 valence electrons. The summed E-state index contributed by atoms with van der Waals surface area (Å²) in [7, 11) is 3.60. The minimum absolute atomic E-state index is 0.0356. The Morgan fingerprint density at radius 2 is 1.95 bits per heavy atom. The average molecular weight is 285 g/mol. The quantitative estimate of drug-likeness (QED) is 0.937. The van der Waals surface area contributed by atoms with E-state index < -0.39 is 0 Å². The fraction of sp³-hybridized carbons (Fsp3) is 0.294. The van der Waals surface area contributed by atoms with Gasteiger partial charge < -0.3 is 19.5 Å². The first-order valence-electron chi connectivity index (χ1n) is 7.01. The van der Waals surface area contributed by atoms with E-state index >= 15 is 0 Å². The molecule has 2 atom stereocenters. The van der Waals surface area contributed by atoms with Gasteiger partial charge in [-0.1, -0.05) is 24.3 Å². The van der Waals surface area contributed by atoms with Crippen molar-refractivity contribution in [1.29, 1.82) is 0 Å². The summed E-state index contributed by atoms with van der Waals surface area (Å²) in [6, 6.07) is 15.8. The zero-order valence-electron chi connectivity index (χ0n) is 12.2. The molecule has 1 aliphatic rings. The van der Waals surface area contributed by atoms with Gasteiger partial charge in [0.25, 0.3) is 0 Å². The van der Waals surface area contributed by atoms with Crippen molar-refractivity contribution in [3.8, 4) is 17.2 Å². The largest absolute Gasteiger partial charge is 0.497 e. The zero-order valence-corrected chi connectivity index (χ0v) is 12.2. The molecule has 21 heavy (non-hydrogen) atoms. The van der Waals surface area contributed by atoms with Crippen LogP contribution >= 0.6 is 0 Å². The Bertz CT molecular complexity index is 614. The van der Waals surface area contributed by atoms with Gasteiger partial charge in [-0.25, -0.2) is 0 Å². The maximum atomic E-state index is 6.08. The van der Waals surface area contributed by atoms with Gasteiger partial charge in [0, 0.05) is 0 Å². The fourth-order valence-electron chi connectivity index (χ4n) is 2.60. The number of rotatable bonds is 4. The van der Waals surface area contributed by atoms with Crippen LogP contribution in [0.2, 0.25) is 0 Å². The van der Waals surface area contributed by atoms with Crippen LogP contribution in [0, 0.1) is 0 Å². The molecule has 2 unspecified atom stereocenters. The molecule has 0 spiro atoms. The number of methoxy groups -OCH3 is 1. The minimum atomic E-state index is -0.0861. The highest BCUT2D eigenvalue weighted by Gasteiger charge is 2.29.